The number of nitrogens with zero attached hydrogens (tertiary/aromatic N) is 3. The molecule has 1 spiro atoms. The van der Waals surface area contributed by atoms with Crippen molar-refractivity contribution in [2.75, 3.05) is 0 Å². The zero-order chi connectivity index (χ0) is 43.6. The Balaban J connectivity index is 0.879. The smallest absolute Gasteiger partial charge is 0.164 e. The lowest BCUT2D eigenvalue weighted by Gasteiger charge is -2.39. The summed E-state index contributed by atoms with van der Waals surface area (Å²) in [6.45, 7) is 0. The Bertz CT molecular complexity index is 3610. The molecule has 0 N–H and O–H groups in total. The highest BCUT2D eigenvalue weighted by Gasteiger charge is 2.51. The van der Waals surface area contributed by atoms with Crippen molar-refractivity contribution in [1.29, 1.82) is 0 Å². The first-order chi connectivity index (χ1) is 32.7. The van der Waals surface area contributed by atoms with Crippen molar-refractivity contribution in [3.8, 4) is 90.2 Å². The summed E-state index contributed by atoms with van der Waals surface area (Å²) in [5, 5.41) is 2.45. The van der Waals surface area contributed by atoms with Gasteiger partial charge in [-0.15, -0.1) is 0 Å². The molecule has 0 bridgehead atoms. The molecule has 0 atom stereocenters. The van der Waals surface area contributed by atoms with Crippen LogP contribution in [0.2, 0.25) is 0 Å². The summed E-state index contributed by atoms with van der Waals surface area (Å²) in [5.74, 6) is 3.70. The first-order valence-corrected chi connectivity index (χ1v) is 22.4. The summed E-state index contributed by atoms with van der Waals surface area (Å²) in [6.07, 6.45) is 0. The molecule has 0 unspecified atom stereocenters. The van der Waals surface area contributed by atoms with Gasteiger partial charge in [0, 0.05) is 27.8 Å². The minimum Gasteiger partial charge on any atom is -0.457 e. The van der Waals surface area contributed by atoms with Crippen molar-refractivity contribution in [1.82, 2.24) is 15.0 Å². The molecular weight excluding hydrogens is 803 g/mol. The zero-order valence-corrected chi connectivity index (χ0v) is 35.8. The molecule has 66 heavy (non-hydrogen) atoms. The van der Waals surface area contributed by atoms with Gasteiger partial charge in [-0.1, -0.05) is 200 Å². The van der Waals surface area contributed by atoms with Crippen molar-refractivity contribution in [2.24, 2.45) is 0 Å². The largest absolute Gasteiger partial charge is 0.457 e. The molecule has 0 fully saturated rings. The molecule has 0 radical (unpaired) electrons. The van der Waals surface area contributed by atoms with Gasteiger partial charge in [-0.2, -0.15) is 0 Å². The molecule has 0 saturated heterocycles. The molecule has 13 rings (SSSR count). The van der Waals surface area contributed by atoms with Crippen molar-refractivity contribution in [2.45, 2.75) is 5.41 Å². The summed E-state index contributed by atoms with van der Waals surface area (Å²) < 4.78 is 6.62. The van der Waals surface area contributed by atoms with E-state index in [1.54, 1.807) is 0 Å². The summed E-state index contributed by atoms with van der Waals surface area (Å²) in [5.41, 5.74) is 16.5. The fraction of sp³-hybridized carbons (Fsp3) is 0.0161. The Kier molecular flexibility index (Phi) is 8.72. The second kappa shape index (κ2) is 15.2. The van der Waals surface area contributed by atoms with E-state index in [9.17, 15) is 0 Å². The molecule has 2 heterocycles. The van der Waals surface area contributed by atoms with Crippen LogP contribution < -0.4 is 4.74 Å². The Hall–Kier alpha value is -8.73. The molecule has 4 nitrogen and oxygen atoms in total. The molecule has 4 heteroatoms. The predicted octanol–water partition coefficient (Wildman–Crippen LogP) is 15.5. The van der Waals surface area contributed by atoms with E-state index in [0.717, 1.165) is 50.4 Å². The number of fused-ring (bicyclic) bond motifs is 10. The van der Waals surface area contributed by atoms with Crippen LogP contribution in [-0.2, 0) is 5.41 Å². The highest BCUT2D eigenvalue weighted by molar-refractivity contribution is 5.98. The van der Waals surface area contributed by atoms with Gasteiger partial charge in [-0.25, -0.2) is 15.0 Å². The van der Waals surface area contributed by atoms with Gasteiger partial charge in [0.1, 0.15) is 11.5 Å². The maximum absolute atomic E-state index is 6.62. The van der Waals surface area contributed by atoms with Crippen molar-refractivity contribution in [3.05, 3.63) is 259 Å². The maximum atomic E-state index is 6.62. The summed E-state index contributed by atoms with van der Waals surface area (Å²) in [4.78, 5) is 15.0. The van der Waals surface area contributed by atoms with Crippen LogP contribution in [0.15, 0.2) is 237 Å². The van der Waals surface area contributed by atoms with Gasteiger partial charge in [0.25, 0.3) is 0 Å². The highest BCUT2D eigenvalue weighted by atomic mass is 16.5. The third-order valence-electron chi connectivity index (χ3n) is 13.4. The lowest BCUT2D eigenvalue weighted by molar-refractivity contribution is 0.436. The Morgan fingerprint density at radius 1 is 0.258 bits per heavy atom. The van der Waals surface area contributed by atoms with Crippen LogP contribution in [0, 0.1) is 0 Å². The Labute approximate surface area is 383 Å². The van der Waals surface area contributed by atoms with E-state index in [0.29, 0.717) is 17.5 Å². The van der Waals surface area contributed by atoms with Crippen LogP contribution >= 0.6 is 0 Å². The minimum absolute atomic E-state index is 0.531. The molecule has 1 aromatic heterocycles. The predicted molar refractivity (Wildman–Crippen MR) is 267 cm³/mol. The van der Waals surface area contributed by atoms with E-state index in [-0.39, 0.29) is 0 Å². The van der Waals surface area contributed by atoms with Gasteiger partial charge >= 0.3 is 0 Å². The van der Waals surface area contributed by atoms with Gasteiger partial charge in [0.15, 0.2) is 17.5 Å². The molecule has 1 aliphatic carbocycles. The zero-order valence-electron chi connectivity index (χ0n) is 35.8. The van der Waals surface area contributed by atoms with E-state index in [2.05, 4.69) is 200 Å². The topological polar surface area (TPSA) is 47.9 Å². The van der Waals surface area contributed by atoms with E-state index >= 15 is 0 Å². The number of hydrogen-bond donors (Lipinski definition) is 0. The van der Waals surface area contributed by atoms with Crippen LogP contribution in [-0.4, -0.2) is 15.0 Å². The van der Waals surface area contributed by atoms with Gasteiger partial charge in [-0.05, 0) is 103 Å². The molecule has 0 saturated carbocycles. The van der Waals surface area contributed by atoms with Crippen molar-refractivity contribution < 1.29 is 4.74 Å². The molecule has 308 valence electrons. The quantitative estimate of drug-likeness (QED) is 0.167. The van der Waals surface area contributed by atoms with Gasteiger partial charge in [-0.3, -0.25) is 0 Å². The molecule has 1 aliphatic heterocycles. The molecular formula is C62H39N3O. The number of para-hydroxylation sites is 2. The van der Waals surface area contributed by atoms with Crippen LogP contribution in [0.1, 0.15) is 22.3 Å². The first kappa shape index (κ1) is 37.8. The number of rotatable bonds is 6. The van der Waals surface area contributed by atoms with Gasteiger partial charge in [0.05, 0.1) is 5.41 Å². The average molecular weight is 842 g/mol. The number of benzene rings is 10. The lowest BCUT2D eigenvalue weighted by Crippen LogP contribution is -2.32. The maximum Gasteiger partial charge on any atom is 0.164 e. The summed E-state index contributed by atoms with van der Waals surface area (Å²) in [7, 11) is 0. The van der Waals surface area contributed by atoms with Crippen LogP contribution in [0.4, 0.5) is 0 Å². The van der Waals surface area contributed by atoms with E-state index in [1.807, 2.05) is 36.4 Å². The van der Waals surface area contributed by atoms with E-state index < -0.39 is 5.41 Å². The van der Waals surface area contributed by atoms with E-state index in [4.69, 9.17) is 19.7 Å². The third kappa shape index (κ3) is 6.11. The fourth-order valence-electron chi connectivity index (χ4n) is 10.2. The first-order valence-electron chi connectivity index (χ1n) is 22.4. The molecule has 2 aliphatic rings. The highest BCUT2D eigenvalue weighted by Crippen LogP contribution is 2.62. The van der Waals surface area contributed by atoms with E-state index in [1.165, 1.54) is 55.3 Å². The SMILES string of the molecule is c1ccc(-c2ccc(-c3nc(-c4ccccc4)nc(-c4ccc(-c5cccc(-c6ccc7c(c6)-c6cc8ccccc8cc6C76c7ccccc7Oc7ccccc76)c5)cc4)n3)cc2)cc1. The monoisotopic (exact) mass is 841 g/mol. The summed E-state index contributed by atoms with van der Waals surface area (Å²) in [6, 6.07) is 84.1. The lowest BCUT2D eigenvalue weighted by atomic mass is 9.66. The Morgan fingerprint density at radius 3 is 1.26 bits per heavy atom. The third-order valence-corrected chi connectivity index (χ3v) is 13.4. The summed E-state index contributed by atoms with van der Waals surface area (Å²) >= 11 is 0. The Morgan fingerprint density at radius 2 is 0.652 bits per heavy atom. The van der Waals surface area contributed by atoms with Crippen molar-refractivity contribution >= 4 is 10.8 Å². The van der Waals surface area contributed by atoms with Crippen LogP contribution in [0.25, 0.3) is 89.4 Å². The number of hydrogen-bond acceptors (Lipinski definition) is 4. The second-order valence-electron chi connectivity index (χ2n) is 17.1. The standard InChI is InChI=1S/C62H39N3O/c1-3-14-40(15-4-1)41-26-30-44(31-27-41)60-63-59(43-16-5-2-6-17-43)64-61(65-60)45-32-28-42(29-33-45)46-20-13-21-47(36-46)50-34-35-53-51(38-50)52-37-48-18-7-8-19-49(48)39-56(52)62(53)54-22-9-11-24-57(54)66-58-25-12-10-23-55(58)62/h1-39H. The molecule has 10 aromatic carbocycles. The number of aromatic nitrogens is 3. The van der Waals surface area contributed by atoms with Gasteiger partial charge < -0.3 is 4.74 Å². The van der Waals surface area contributed by atoms with Crippen LogP contribution in [0.3, 0.4) is 0 Å². The van der Waals surface area contributed by atoms with Gasteiger partial charge in [0.2, 0.25) is 0 Å². The molecule has 11 aromatic rings. The number of ether oxygens (including phenoxy) is 1. The van der Waals surface area contributed by atoms with Crippen molar-refractivity contribution in [3.63, 3.8) is 0 Å². The average Bonchev–Trinajstić information content (AvgIpc) is 3.67. The normalized spacial score (nSPS) is 12.8. The second-order valence-corrected chi connectivity index (χ2v) is 17.1. The minimum atomic E-state index is -0.531. The van der Waals surface area contributed by atoms with Crippen LogP contribution in [0.5, 0.6) is 11.5 Å². The fourth-order valence-corrected chi connectivity index (χ4v) is 10.2. The molecule has 0 amide bonds.